The van der Waals surface area contributed by atoms with Crippen LogP contribution in [0.15, 0.2) is 0 Å². The number of piperazine rings is 1. The Labute approximate surface area is 101 Å². The number of nitrogens with one attached hydrogen (secondary N) is 1. The lowest BCUT2D eigenvalue weighted by Gasteiger charge is -2.47. The van der Waals surface area contributed by atoms with E-state index in [-0.39, 0.29) is 5.54 Å². The maximum atomic E-state index is 5.39. The monoisotopic (exact) mass is 228 g/mol. The highest BCUT2D eigenvalue weighted by molar-refractivity contribution is 4.93. The largest absolute Gasteiger partial charge is 0.380 e. The second kappa shape index (κ2) is 5.48. The van der Waals surface area contributed by atoms with Crippen molar-refractivity contribution in [2.45, 2.75) is 52.3 Å². The summed E-state index contributed by atoms with van der Waals surface area (Å²) in [5, 5.41) is 3.63. The first-order chi connectivity index (χ1) is 7.35. The molecule has 0 aromatic heterocycles. The SMILES string of the molecule is COC(C)CN1CC(C)(C)NCC1C(C)C. The summed E-state index contributed by atoms with van der Waals surface area (Å²) in [6.45, 7) is 14.5. The van der Waals surface area contributed by atoms with Gasteiger partial charge in [-0.1, -0.05) is 13.8 Å². The molecule has 0 amide bonds. The average molecular weight is 228 g/mol. The van der Waals surface area contributed by atoms with Crippen molar-refractivity contribution >= 4 is 0 Å². The van der Waals surface area contributed by atoms with E-state index in [1.165, 1.54) is 0 Å². The molecule has 0 bridgehead atoms. The third kappa shape index (κ3) is 3.72. The van der Waals surface area contributed by atoms with Gasteiger partial charge < -0.3 is 10.1 Å². The molecule has 1 rings (SSSR count). The summed E-state index contributed by atoms with van der Waals surface area (Å²) in [4.78, 5) is 2.58. The summed E-state index contributed by atoms with van der Waals surface area (Å²) in [7, 11) is 1.79. The van der Waals surface area contributed by atoms with Crippen molar-refractivity contribution in [2.75, 3.05) is 26.7 Å². The van der Waals surface area contributed by atoms with E-state index in [2.05, 4.69) is 44.8 Å². The van der Waals surface area contributed by atoms with Gasteiger partial charge in [0.25, 0.3) is 0 Å². The fourth-order valence-electron chi connectivity index (χ4n) is 2.45. The van der Waals surface area contributed by atoms with Crippen LogP contribution < -0.4 is 5.32 Å². The predicted octanol–water partition coefficient (Wildman–Crippen LogP) is 1.73. The molecule has 1 aliphatic heterocycles. The van der Waals surface area contributed by atoms with Crippen LogP contribution in [-0.4, -0.2) is 49.3 Å². The first kappa shape index (κ1) is 13.9. The number of hydrogen-bond donors (Lipinski definition) is 1. The lowest BCUT2D eigenvalue weighted by atomic mass is 9.93. The minimum absolute atomic E-state index is 0.221. The Morgan fingerprint density at radius 3 is 2.50 bits per heavy atom. The molecule has 0 saturated carbocycles. The Hall–Kier alpha value is -0.120. The zero-order chi connectivity index (χ0) is 12.3. The lowest BCUT2D eigenvalue weighted by molar-refractivity contribution is 0.0144. The van der Waals surface area contributed by atoms with Crippen molar-refractivity contribution in [3.63, 3.8) is 0 Å². The van der Waals surface area contributed by atoms with Crippen molar-refractivity contribution < 1.29 is 4.74 Å². The maximum Gasteiger partial charge on any atom is 0.0670 e. The maximum absolute atomic E-state index is 5.39. The fourth-order valence-corrected chi connectivity index (χ4v) is 2.45. The lowest BCUT2D eigenvalue weighted by Crippen LogP contribution is -2.63. The zero-order valence-electron chi connectivity index (χ0n) is 11.7. The molecular formula is C13H28N2O. The van der Waals surface area contributed by atoms with Crippen molar-refractivity contribution in [3.8, 4) is 0 Å². The highest BCUT2D eigenvalue weighted by atomic mass is 16.5. The molecule has 0 radical (unpaired) electrons. The van der Waals surface area contributed by atoms with Gasteiger partial charge in [-0.15, -0.1) is 0 Å². The van der Waals surface area contributed by atoms with Gasteiger partial charge in [0.05, 0.1) is 6.10 Å². The van der Waals surface area contributed by atoms with Gasteiger partial charge in [-0.2, -0.15) is 0 Å². The quantitative estimate of drug-likeness (QED) is 0.793. The van der Waals surface area contributed by atoms with Crippen LogP contribution in [-0.2, 0) is 4.74 Å². The van der Waals surface area contributed by atoms with E-state index in [0.29, 0.717) is 18.1 Å². The number of hydrogen-bond acceptors (Lipinski definition) is 3. The van der Waals surface area contributed by atoms with Crippen LogP contribution in [0.25, 0.3) is 0 Å². The highest BCUT2D eigenvalue weighted by Crippen LogP contribution is 2.20. The van der Waals surface area contributed by atoms with Crippen LogP contribution >= 0.6 is 0 Å². The molecule has 1 heterocycles. The van der Waals surface area contributed by atoms with Gasteiger partial charge >= 0.3 is 0 Å². The van der Waals surface area contributed by atoms with Gasteiger partial charge in [-0.05, 0) is 26.7 Å². The predicted molar refractivity (Wildman–Crippen MR) is 68.8 cm³/mol. The van der Waals surface area contributed by atoms with Gasteiger partial charge in [0.15, 0.2) is 0 Å². The normalized spacial score (nSPS) is 28.3. The third-order valence-electron chi connectivity index (χ3n) is 3.52. The summed E-state index contributed by atoms with van der Waals surface area (Å²) in [6.07, 6.45) is 0.315. The summed E-state index contributed by atoms with van der Waals surface area (Å²) in [6, 6.07) is 0.630. The fraction of sp³-hybridized carbons (Fsp3) is 1.00. The van der Waals surface area contributed by atoms with E-state index in [0.717, 1.165) is 19.6 Å². The molecule has 1 fully saturated rings. The molecule has 2 unspecified atom stereocenters. The molecule has 2 atom stereocenters. The molecule has 3 nitrogen and oxygen atoms in total. The Morgan fingerprint density at radius 2 is 2.00 bits per heavy atom. The van der Waals surface area contributed by atoms with Crippen LogP contribution in [0.5, 0.6) is 0 Å². The van der Waals surface area contributed by atoms with Crippen LogP contribution in [0, 0.1) is 5.92 Å². The van der Waals surface area contributed by atoms with Crippen molar-refractivity contribution in [3.05, 3.63) is 0 Å². The number of methoxy groups -OCH3 is 1. The summed E-state index contributed by atoms with van der Waals surface area (Å²) in [5.41, 5.74) is 0.221. The van der Waals surface area contributed by atoms with Gasteiger partial charge in [-0.3, -0.25) is 4.90 Å². The number of rotatable bonds is 4. The molecule has 0 spiro atoms. The molecule has 3 heteroatoms. The van der Waals surface area contributed by atoms with E-state index in [9.17, 15) is 0 Å². The zero-order valence-corrected chi connectivity index (χ0v) is 11.7. The third-order valence-corrected chi connectivity index (χ3v) is 3.52. The van der Waals surface area contributed by atoms with Gasteiger partial charge in [0.1, 0.15) is 0 Å². The van der Waals surface area contributed by atoms with Crippen LogP contribution in [0.2, 0.25) is 0 Å². The van der Waals surface area contributed by atoms with E-state index < -0.39 is 0 Å². The summed E-state index contributed by atoms with van der Waals surface area (Å²) >= 11 is 0. The average Bonchev–Trinajstić information content (AvgIpc) is 2.15. The topological polar surface area (TPSA) is 24.5 Å². The molecule has 16 heavy (non-hydrogen) atoms. The number of nitrogens with zero attached hydrogens (tertiary/aromatic N) is 1. The van der Waals surface area contributed by atoms with Crippen molar-refractivity contribution in [1.29, 1.82) is 0 Å². The molecule has 96 valence electrons. The van der Waals surface area contributed by atoms with Crippen molar-refractivity contribution in [1.82, 2.24) is 10.2 Å². The Kier molecular flexibility index (Phi) is 4.77. The van der Waals surface area contributed by atoms with E-state index in [1.807, 2.05) is 0 Å². The van der Waals surface area contributed by atoms with Crippen molar-refractivity contribution in [2.24, 2.45) is 5.92 Å². The molecule has 0 aromatic carbocycles. The van der Waals surface area contributed by atoms with Crippen LogP contribution in [0.3, 0.4) is 0 Å². The summed E-state index contributed by atoms with van der Waals surface area (Å²) < 4.78 is 5.39. The Morgan fingerprint density at radius 1 is 1.38 bits per heavy atom. The van der Waals surface area contributed by atoms with Gasteiger partial charge in [0, 0.05) is 38.3 Å². The first-order valence-electron chi connectivity index (χ1n) is 6.37. The first-order valence-corrected chi connectivity index (χ1v) is 6.37. The van der Waals surface area contributed by atoms with Gasteiger partial charge in [-0.25, -0.2) is 0 Å². The van der Waals surface area contributed by atoms with Crippen LogP contribution in [0.4, 0.5) is 0 Å². The molecule has 0 aromatic rings. The molecular weight excluding hydrogens is 200 g/mol. The standard InChI is InChI=1S/C13H28N2O/c1-10(2)12-7-14-13(4,5)9-15(12)8-11(3)16-6/h10-12,14H,7-9H2,1-6H3. The van der Waals surface area contributed by atoms with E-state index in [1.54, 1.807) is 7.11 Å². The minimum Gasteiger partial charge on any atom is -0.380 e. The Balaban J connectivity index is 2.64. The molecule has 1 N–H and O–H groups in total. The Bertz CT molecular complexity index is 216. The van der Waals surface area contributed by atoms with E-state index in [4.69, 9.17) is 4.74 Å². The van der Waals surface area contributed by atoms with Gasteiger partial charge in [0.2, 0.25) is 0 Å². The molecule has 0 aliphatic carbocycles. The number of ether oxygens (including phenoxy) is 1. The van der Waals surface area contributed by atoms with Crippen LogP contribution in [0.1, 0.15) is 34.6 Å². The second-order valence-corrected chi connectivity index (χ2v) is 6.05. The molecule has 1 aliphatic rings. The summed E-state index contributed by atoms with van der Waals surface area (Å²) in [5.74, 6) is 0.688. The minimum atomic E-state index is 0.221. The highest BCUT2D eigenvalue weighted by Gasteiger charge is 2.34. The van der Waals surface area contributed by atoms with E-state index >= 15 is 0 Å². The smallest absolute Gasteiger partial charge is 0.0670 e. The molecule has 1 saturated heterocycles. The second-order valence-electron chi connectivity index (χ2n) is 6.05.